The first-order valence-corrected chi connectivity index (χ1v) is 5.94. The Kier molecular flexibility index (Phi) is 2.44. The first-order valence-electron chi connectivity index (χ1n) is 5.94. The Labute approximate surface area is 104 Å². The van der Waals surface area contributed by atoms with Crippen molar-refractivity contribution in [3.8, 4) is 5.75 Å². The summed E-state index contributed by atoms with van der Waals surface area (Å²) in [7, 11) is 1.57. The number of aromatic amines is 1. The van der Waals surface area contributed by atoms with Crippen LogP contribution < -0.4 is 10.2 Å². The van der Waals surface area contributed by atoms with Gasteiger partial charge in [-0.05, 0) is 25.0 Å². The fourth-order valence-corrected chi connectivity index (χ4v) is 2.08. The molecular formula is C14H13NO3. The largest absolute Gasteiger partial charge is 0.497 e. The van der Waals surface area contributed by atoms with Crippen LogP contribution in [0.25, 0.3) is 10.9 Å². The van der Waals surface area contributed by atoms with Crippen LogP contribution in [0.4, 0.5) is 0 Å². The molecule has 4 nitrogen and oxygen atoms in total. The Morgan fingerprint density at radius 2 is 2.17 bits per heavy atom. The first-order chi connectivity index (χ1) is 8.70. The molecule has 2 aromatic rings. The van der Waals surface area contributed by atoms with E-state index in [4.69, 9.17) is 4.74 Å². The number of ether oxygens (including phenoxy) is 1. The smallest absolute Gasteiger partial charge is 0.200 e. The van der Waals surface area contributed by atoms with E-state index in [1.807, 2.05) is 0 Å². The number of pyridine rings is 1. The van der Waals surface area contributed by atoms with Gasteiger partial charge in [0.2, 0.25) is 0 Å². The number of hydrogen-bond acceptors (Lipinski definition) is 3. The standard InChI is InChI=1S/C14H13NO3/c1-18-9-4-5-10-12(6-9)15-7-11(14(10)17)13(16)8-2-3-8/h4-8H,2-3H2,1H3,(H,15,17). The van der Waals surface area contributed by atoms with Crippen LogP contribution in [0, 0.1) is 5.92 Å². The quantitative estimate of drug-likeness (QED) is 0.840. The molecule has 3 rings (SSSR count). The lowest BCUT2D eigenvalue weighted by molar-refractivity contribution is 0.0966. The molecule has 0 saturated heterocycles. The zero-order valence-corrected chi connectivity index (χ0v) is 10.0. The van der Waals surface area contributed by atoms with Crippen LogP contribution in [0.1, 0.15) is 23.2 Å². The van der Waals surface area contributed by atoms with Crippen molar-refractivity contribution in [1.82, 2.24) is 4.98 Å². The van der Waals surface area contributed by atoms with Crippen molar-refractivity contribution in [2.45, 2.75) is 12.8 Å². The molecule has 0 unspecified atom stereocenters. The molecule has 1 saturated carbocycles. The summed E-state index contributed by atoms with van der Waals surface area (Å²) in [6, 6.07) is 5.17. The molecule has 18 heavy (non-hydrogen) atoms. The molecule has 0 spiro atoms. The number of ketones is 1. The Hall–Kier alpha value is -2.10. The van der Waals surface area contributed by atoms with E-state index in [9.17, 15) is 9.59 Å². The molecular weight excluding hydrogens is 230 g/mol. The summed E-state index contributed by atoms with van der Waals surface area (Å²) in [6.07, 6.45) is 3.32. The predicted molar refractivity (Wildman–Crippen MR) is 68.2 cm³/mol. The maximum absolute atomic E-state index is 12.2. The van der Waals surface area contributed by atoms with Gasteiger partial charge in [0, 0.05) is 23.6 Å². The SMILES string of the molecule is COc1ccc2c(=O)c(C(=O)C3CC3)c[nH]c2c1. The van der Waals surface area contributed by atoms with Gasteiger partial charge in [0.25, 0.3) is 0 Å². The van der Waals surface area contributed by atoms with Gasteiger partial charge < -0.3 is 9.72 Å². The van der Waals surface area contributed by atoms with Gasteiger partial charge in [0.1, 0.15) is 5.75 Å². The lowest BCUT2D eigenvalue weighted by Crippen LogP contribution is -2.17. The molecule has 1 aromatic heterocycles. The predicted octanol–water partition coefficient (Wildman–Crippen LogP) is 2.13. The molecule has 0 bridgehead atoms. The minimum atomic E-state index is -0.191. The van der Waals surface area contributed by atoms with Crippen molar-refractivity contribution in [2.24, 2.45) is 5.92 Å². The highest BCUT2D eigenvalue weighted by molar-refractivity contribution is 6.01. The average molecular weight is 243 g/mol. The third kappa shape index (κ3) is 1.70. The van der Waals surface area contributed by atoms with Gasteiger partial charge in [-0.2, -0.15) is 0 Å². The molecule has 1 aliphatic rings. The Morgan fingerprint density at radius 3 is 2.83 bits per heavy atom. The summed E-state index contributed by atoms with van der Waals surface area (Å²) in [5.41, 5.74) is 0.769. The van der Waals surface area contributed by atoms with Crippen molar-refractivity contribution in [3.63, 3.8) is 0 Å². The minimum absolute atomic E-state index is 0.0334. The second kappa shape index (κ2) is 3.98. The molecule has 0 atom stereocenters. The van der Waals surface area contributed by atoms with Gasteiger partial charge in [0.05, 0.1) is 18.2 Å². The van der Waals surface area contributed by atoms with Crippen molar-refractivity contribution in [3.05, 3.63) is 40.2 Å². The van der Waals surface area contributed by atoms with Gasteiger partial charge in [-0.15, -0.1) is 0 Å². The third-order valence-electron chi connectivity index (χ3n) is 3.30. The van der Waals surface area contributed by atoms with Crippen molar-refractivity contribution >= 4 is 16.7 Å². The van der Waals surface area contributed by atoms with Crippen LogP contribution in [-0.4, -0.2) is 17.9 Å². The van der Waals surface area contributed by atoms with Crippen molar-refractivity contribution in [2.75, 3.05) is 7.11 Å². The number of fused-ring (bicyclic) bond motifs is 1. The molecule has 0 aliphatic heterocycles. The lowest BCUT2D eigenvalue weighted by Gasteiger charge is -2.04. The van der Waals surface area contributed by atoms with E-state index in [0.717, 1.165) is 12.8 Å². The topological polar surface area (TPSA) is 59.2 Å². The average Bonchev–Trinajstić information content (AvgIpc) is 3.22. The van der Waals surface area contributed by atoms with Gasteiger partial charge >= 0.3 is 0 Å². The molecule has 1 fully saturated rings. The van der Waals surface area contributed by atoms with Crippen molar-refractivity contribution < 1.29 is 9.53 Å². The number of aromatic nitrogens is 1. The van der Waals surface area contributed by atoms with E-state index >= 15 is 0 Å². The maximum Gasteiger partial charge on any atom is 0.200 e. The van der Waals surface area contributed by atoms with E-state index in [-0.39, 0.29) is 22.7 Å². The Balaban J connectivity index is 2.17. The van der Waals surface area contributed by atoms with E-state index in [1.165, 1.54) is 6.20 Å². The monoisotopic (exact) mass is 243 g/mol. The van der Waals surface area contributed by atoms with Gasteiger partial charge in [-0.3, -0.25) is 9.59 Å². The minimum Gasteiger partial charge on any atom is -0.497 e. The number of hydrogen-bond donors (Lipinski definition) is 1. The van der Waals surface area contributed by atoms with Gasteiger partial charge in [-0.25, -0.2) is 0 Å². The summed E-state index contributed by atoms with van der Waals surface area (Å²) in [4.78, 5) is 27.2. The summed E-state index contributed by atoms with van der Waals surface area (Å²) in [6.45, 7) is 0. The fraction of sp³-hybridized carbons (Fsp3) is 0.286. The second-order valence-electron chi connectivity index (χ2n) is 4.58. The number of nitrogens with one attached hydrogen (secondary N) is 1. The molecule has 0 amide bonds. The second-order valence-corrected chi connectivity index (χ2v) is 4.58. The Bertz CT molecular complexity index is 683. The third-order valence-corrected chi connectivity index (χ3v) is 3.30. The zero-order valence-electron chi connectivity index (χ0n) is 10.0. The maximum atomic E-state index is 12.2. The summed E-state index contributed by atoms with van der Waals surface area (Å²) < 4.78 is 5.10. The fourth-order valence-electron chi connectivity index (χ4n) is 2.08. The summed E-state index contributed by atoms with van der Waals surface area (Å²) >= 11 is 0. The van der Waals surface area contributed by atoms with Gasteiger partial charge in [0.15, 0.2) is 11.2 Å². The molecule has 1 N–H and O–H groups in total. The van der Waals surface area contributed by atoms with Crippen LogP contribution in [-0.2, 0) is 0 Å². The van der Waals surface area contributed by atoms with Crippen LogP contribution in [0.15, 0.2) is 29.2 Å². The van der Waals surface area contributed by atoms with Gasteiger partial charge in [-0.1, -0.05) is 0 Å². The normalized spacial score (nSPS) is 14.7. The highest BCUT2D eigenvalue weighted by Crippen LogP contribution is 2.32. The zero-order chi connectivity index (χ0) is 12.7. The first kappa shape index (κ1) is 11.0. The molecule has 4 heteroatoms. The number of benzene rings is 1. The molecule has 1 heterocycles. The van der Waals surface area contributed by atoms with E-state index < -0.39 is 0 Å². The molecule has 1 aromatic carbocycles. The number of methoxy groups -OCH3 is 1. The molecule has 1 aliphatic carbocycles. The van der Waals surface area contributed by atoms with E-state index in [1.54, 1.807) is 25.3 Å². The number of carbonyl (C=O) groups excluding carboxylic acids is 1. The van der Waals surface area contributed by atoms with Crippen LogP contribution in [0.5, 0.6) is 5.75 Å². The van der Waals surface area contributed by atoms with Crippen LogP contribution in [0.3, 0.4) is 0 Å². The van der Waals surface area contributed by atoms with E-state index in [0.29, 0.717) is 16.7 Å². The lowest BCUT2D eigenvalue weighted by atomic mass is 10.1. The molecule has 0 radical (unpaired) electrons. The highest BCUT2D eigenvalue weighted by Gasteiger charge is 2.32. The number of Topliss-reactive ketones (excluding diaryl/α,β-unsaturated/α-hetero) is 1. The number of carbonyl (C=O) groups is 1. The summed E-state index contributed by atoms with van der Waals surface area (Å²) in [5, 5.41) is 0.530. The summed E-state index contributed by atoms with van der Waals surface area (Å²) in [5.74, 6) is 0.704. The van der Waals surface area contributed by atoms with Crippen LogP contribution in [0.2, 0.25) is 0 Å². The number of H-pyrrole nitrogens is 1. The Morgan fingerprint density at radius 1 is 1.39 bits per heavy atom. The van der Waals surface area contributed by atoms with E-state index in [2.05, 4.69) is 4.98 Å². The molecule has 92 valence electrons. The highest BCUT2D eigenvalue weighted by atomic mass is 16.5. The number of rotatable bonds is 3. The van der Waals surface area contributed by atoms with Crippen LogP contribution >= 0.6 is 0 Å². The van der Waals surface area contributed by atoms with Crippen molar-refractivity contribution in [1.29, 1.82) is 0 Å².